The normalized spacial score (nSPS) is 11.2. The number of benzene rings is 1. The van der Waals surface area contributed by atoms with Crippen LogP contribution in [0.5, 0.6) is 5.75 Å². The highest BCUT2D eigenvalue weighted by atomic mass is 35.5. The predicted molar refractivity (Wildman–Crippen MR) is 109 cm³/mol. The van der Waals surface area contributed by atoms with E-state index in [1.807, 2.05) is 6.92 Å². The zero-order valence-electron chi connectivity index (χ0n) is 15.3. The maximum Gasteiger partial charge on any atom is 0.573 e. The molecule has 1 aromatic heterocycles. The molecule has 0 bridgehead atoms. The number of anilines is 1. The minimum Gasteiger partial charge on any atom is -0.481 e. The van der Waals surface area contributed by atoms with Crippen molar-refractivity contribution in [1.82, 2.24) is 0 Å². The number of amides is 1. The molecule has 0 atom stereocenters. The molecule has 1 heterocycles. The minimum absolute atomic E-state index is 0.0192. The second-order valence-corrected chi connectivity index (χ2v) is 8.30. The first kappa shape index (κ1) is 24.0. The van der Waals surface area contributed by atoms with E-state index in [0.29, 0.717) is 6.42 Å². The SMILES string of the molecule is CCc1cc(C(=O)c2ccc(OC(F)(F)F)c(Cl)c2)c(NC(=O)CSCC(=O)O)s1. The van der Waals surface area contributed by atoms with Crippen LogP contribution in [0.3, 0.4) is 0 Å². The van der Waals surface area contributed by atoms with Gasteiger partial charge < -0.3 is 15.2 Å². The first-order valence-corrected chi connectivity index (χ1v) is 10.7. The molecule has 30 heavy (non-hydrogen) atoms. The number of carbonyl (C=O) groups is 3. The summed E-state index contributed by atoms with van der Waals surface area (Å²) in [6.45, 7) is 1.86. The summed E-state index contributed by atoms with van der Waals surface area (Å²) in [7, 11) is 0. The molecular formula is C18H15ClF3NO5S2. The maximum absolute atomic E-state index is 12.9. The monoisotopic (exact) mass is 481 g/mol. The van der Waals surface area contributed by atoms with Gasteiger partial charge in [-0.1, -0.05) is 18.5 Å². The summed E-state index contributed by atoms with van der Waals surface area (Å²) >= 11 is 7.90. The number of halogens is 4. The molecule has 12 heteroatoms. The number of hydrogen-bond donors (Lipinski definition) is 2. The van der Waals surface area contributed by atoms with Gasteiger partial charge in [-0.2, -0.15) is 0 Å². The number of thioether (sulfide) groups is 1. The van der Waals surface area contributed by atoms with Crippen LogP contribution in [-0.4, -0.2) is 40.6 Å². The Balaban J connectivity index is 2.23. The molecule has 0 aliphatic rings. The Hall–Kier alpha value is -2.24. The van der Waals surface area contributed by atoms with Crippen molar-refractivity contribution in [3.8, 4) is 5.75 Å². The number of thiophene rings is 1. The summed E-state index contributed by atoms with van der Waals surface area (Å²) in [5, 5.41) is 11.1. The summed E-state index contributed by atoms with van der Waals surface area (Å²) in [6, 6.07) is 4.73. The van der Waals surface area contributed by atoms with Gasteiger partial charge in [-0.3, -0.25) is 14.4 Å². The number of carboxylic acid groups (broad SMARTS) is 1. The number of nitrogens with one attached hydrogen (secondary N) is 1. The van der Waals surface area contributed by atoms with Gasteiger partial charge in [0.2, 0.25) is 5.91 Å². The van der Waals surface area contributed by atoms with Gasteiger partial charge in [-0.15, -0.1) is 36.3 Å². The fraction of sp³-hybridized carbons (Fsp3) is 0.278. The second-order valence-electron chi connectivity index (χ2n) is 5.77. The van der Waals surface area contributed by atoms with Crippen LogP contribution in [0.1, 0.15) is 27.7 Å². The fourth-order valence-electron chi connectivity index (χ4n) is 2.28. The number of alkyl halides is 3. The molecule has 0 radical (unpaired) electrons. The number of aliphatic carboxylic acids is 1. The summed E-state index contributed by atoms with van der Waals surface area (Å²) in [4.78, 5) is 36.3. The van der Waals surface area contributed by atoms with Crippen molar-refractivity contribution in [2.75, 3.05) is 16.8 Å². The van der Waals surface area contributed by atoms with Gasteiger partial charge >= 0.3 is 12.3 Å². The highest BCUT2D eigenvalue weighted by Crippen LogP contribution is 2.34. The van der Waals surface area contributed by atoms with E-state index in [4.69, 9.17) is 16.7 Å². The second kappa shape index (κ2) is 10.2. The molecule has 1 aromatic carbocycles. The summed E-state index contributed by atoms with van der Waals surface area (Å²) in [5.74, 6) is -3.07. The highest BCUT2D eigenvalue weighted by molar-refractivity contribution is 8.00. The molecule has 0 saturated carbocycles. The average molecular weight is 482 g/mol. The first-order chi connectivity index (χ1) is 14.0. The van der Waals surface area contributed by atoms with Crippen molar-refractivity contribution in [3.63, 3.8) is 0 Å². The quantitative estimate of drug-likeness (QED) is 0.497. The van der Waals surface area contributed by atoms with Crippen molar-refractivity contribution >= 4 is 57.4 Å². The van der Waals surface area contributed by atoms with Crippen LogP contribution in [0, 0.1) is 0 Å². The number of carbonyl (C=O) groups excluding carboxylic acids is 2. The molecule has 0 unspecified atom stereocenters. The molecule has 0 fully saturated rings. The molecule has 2 aromatic rings. The molecule has 0 saturated heterocycles. The lowest BCUT2D eigenvalue weighted by Crippen LogP contribution is -2.17. The third kappa shape index (κ3) is 6.92. The zero-order chi connectivity index (χ0) is 22.5. The number of carboxylic acids is 1. The van der Waals surface area contributed by atoms with Crippen molar-refractivity contribution in [3.05, 3.63) is 45.3 Å². The number of aryl methyl sites for hydroxylation is 1. The molecule has 2 rings (SSSR count). The lowest BCUT2D eigenvalue weighted by molar-refractivity contribution is -0.274. The third-order valence-corrected chi connectivity index (χ3v) is 5.92. The van der Waals surface area contributed by atoms with E-state index in [9.17, 15) is 27.6 Å². The van der Waals surface area contributed by atoms with E-state index in [-0.39, 0.29) is 32.7 Å². The highest BCUT2D eigenvalue weighted by Gasteiger charge is 2.32. The Kier molecular flexibility index (Phi) is 8.16. The van der Waals surface area contributed by atoms with Crippen LogP contribution in [-0.2, 0) is 16.0 Å². The van der Waals surface area contributed by atoms with E-state index in [2.05, 4.69) is 10.1 Å². The van der Waals surface area contributed by atoms with Crippen LogP contribution >= 0.6 is 34.7 Å². The number of ketones is 1. The molecule has 0 aliphatic carbocycles. The molecule has 1 amide bonds. The molecule has 0 spiro atoms. The van der Waals surface area contributed by atoms with Gasteiger partial charge in [0.15, 0.2) is 5.78 Å². The average Bonchev–Trinajstić information content (AvgIpc) is 3.04. The van der Waals surface area contributed by atoms with Crippen LogP contribution in [0.15, 0.2) is 24.3 Å². The summed E-state index contributed by atoms with van der Waals surface area (Å²) in [6.07, 6.45) is -4.33. The van der Waals surface area contributed by atoms with Gasteiger partial charge in [-0.05, 0) is 30.7 Å². The standard InChI is InChI=1S/C18H15ClF3NO5S2/c1-2-10-6-11(17(30-10)23-14(24)7-29-8-15(25)26)16(27)9-3-4-13(12(19)5-9)28-18(20,21)22/h3-6H,2,7-8H2,1H3,(H,23,24)(H,25,26). The van der Waals surface area contributed by atoms with Gasteiger partial charge in [0.25, 0.3) is 0 Å². The van der Waals surface area contributed by atoms with Crippen LogP contribution in [0.25, 0.3) is 0 Å². The van der Waals surface area contributed by atoms with Gasteiger partial charge in [0.1, 0.15) is 10.8 Å². The lowest BCUT2D eigenvalue weighted by Gasteiger charge is -2.11. The molecular weight excluding hydrogens is 467 g/mol. The van der Waals surface area contributed by atoms with Crippen molar-refractivity contribution in [1.29, 1.82) is 0 Å². The third-order valence-electron chi connectivity index (χ3n) is 3.51. The summed E-state index contributed by atoms with van der Waals surface area (Å²) in [5.41, 5.74) is 0.180. The van der Waals surface area contributed by atoms with Gasteiger partial charge in [0.05, 0.1) is 22.1 Å². The van der Waals surface area contributed by atoms with E-state index in [0.717, 1.165) is 34.8 Å². The Morgan fingerprint density at radius 1 is 1.23 bits per heavy atom. The Labute approximate surface area is 182 Å². The van der Waals surface area contributed by atoms with Crippen LogP contribution in [0.4, 0.5) is 18.2 Å². The van der Waals surface area contributed by atoms with Crippen molar-refractivity contribution in [2.24, 2.45) is 0 Å². The molecule has 6 nitrogen and oxygen atoms in total. The number of rotatable bonds is 9. The van der Waals surface area contributed by atoms with Crippen LogP contribution < -0.4 is 10.1 Å². The Morgan fingerprint density at radius 3 is 2.50 bits per heavy atom. The number of ether oxygens (including phenoxy) is 1. The molecule has 0 aliphatic heterocycles. The van der Waals surface area contributed by atoms with E-state index >= 15 is 0 Å². The molecule has 162 valence electrons. The largest absolute Gasteiger partial charge is 0.573 e. The maximum atomic E-state index is 12.9. The zero-order valence-corrected chi connectivity index (χ0v) is 17.7. The van der Waals surface area contributed by atoms with Crippen molar-refractivity contribution < 1.29 is 37.4 Å². The van der Waals surface area contributed by atoms with E-state index < -0.39 is 29.8 Å². The Bertz CT molecular complexity index is 962. The molecule has 2 N–H and O–H groups in total. The van der Waals surface area contributed by atoms with E-state index in [1.54, 1.807) is 6.07 Å². The van der Waals surface area contributed by atoms with Crippen molar-refractivity contribution in [2.45, 2.75) is 19.7 Å². The van der Waals surface area contributed by atoms with Gasteiger partial charge in [-0.25, -0.2) is 0 Å². The van der Waals surface area contributed by atoms with Gasteiger partial charge in [0, 0.05) is 10.4 Å². The lowest BCUT2D eigenvalue weighted by atomic mass is 10.0. The fourth-order valence-corrected chi connectivity index (χ4v) is 4.04. The minimum atomic E-state index is -4.92. The smallest absolute Gasteiger partial charge is 0.481 e. The Morgan fingerprint density at radius 2 is 1.93 bits per heavy atom. The summed E-state index contributed by atoms with van der Waals surface area (Å²) < 4.78 is 40.9. The topological polar surface area (TPSA) is 92.7 Å². The van der Waals surface area contributed by atoms with Crippen LogP contribution in [0.2, 0.25) is 5.02 Å². The predicted octanol–water partition coefficient (Wildman–Crippen LogP) is 4.85. The van der Waals surface area contributed by atoms with E-state index in [1.165, 1.54) is 11.3 Å². The number of hydrogen-bond acceptors (Lipinski definition) is 6. The first-order valence-electron chi connectivity index (χ1n) is 8.32.